The van der Waals surface area contributed by atoms with E-state index in [4.69, 9.17) is 6.42 Å². The summed E-state index contributed by atoms with van der Waals surface area (Å²) in [5, 5.41) is 11.7. The van der Waals surface area contributed by atoms with Gasteiger partial charge in [-0.05, 0) is 103 Å². The zero-order valence-corrected chi connectivity index (χ0v) is 19.4. The predicted octanol–water partition coefficient (Wildman–Crippen LogP) is 5.40. The first kappa shape index (κ1) is 21.1. The SMILES string of the molecule is C#CC(=O)[C@]1(O)CC[C@H]2[C@@H]3CCC4=CC(=O)CCC4=C3[C@@H](c3ccc(C4CC4)cc3)C[C@@]21C. The van der Waals surface area contributed by atoms with Crippen molar-refractivity contribution in [3.8, 4) is 12.3 Å². The molecule has 0 saturated heterocycles. The Balaban J connectivity index is 1.50. The van der Waals surface area contributed by atoms with Crippen LogP contribution in [0.1, 0.15) is 87.7 Å². The Morgan fingerprint density at radius 3 is 2.48 bits per heavy atom. The zero-order valence-electron chi connectivity index (χ0n) is 19.4. The average molecular weight is 441 g/mol. The summed E-state index contributed by atoms with van der Waals surface area (Å²) in [6.07, 6.45) is 15.3. The van der Waals surface area contributed by atoms with Crippen molar-refractivity contribution in [2.24, 2.45) is 17.3 Å². The van der Waals surface area contributed by atoms with Crippen LogP contribution in [0.4, 0.5) is 0 Å². The van der Waals surface area contributed by atoms with Crippen molar-refractivity contribution >= 4 is 11.6 Å². The van der Waals surface area contributed by atoms with Crippen molar-refractivity contribution < 1.29 is 14.7 Å². The third-order valence-electron chi connectivity index (χ3n) is 9.78. The molecule has 0 amide bonds. The lowest BCUT2D eigenvalue weighted by atomic mass is 9.50. The molecule has 3 nitrogen and oxygen atoms in total. The third-order valence-corrected chi connectivity index (χ3v) is 9.78. The van der Waals surface area contributed by atoms with Gasteiger partial charge in [0.1, 0.15) is 5.60 Å². The molecule has 5 aliphatic rings. The highest BCUT2D eigenvalue weighted by atomic mass is 16.3. The molecule has 3 fully saturated rings. The van der Waals surface area contributed by atoms with E-state index >= 15 is 0 Å². The van der Waals surface area contributed by atoms with Crippen LogP contribution in [-0.4, -0.2) is 22.3 Å². The maximum Gasteiger partial charge on any atom is 0.237 e. The number of benzene rings is 1. The molecule has 1 aromatic rings. The monoisotopic (exact) mass is 440 g/mol. The quantitative estimate of drug-likeness (QED) is 0.506. The summed E-state index contributed by atoms with van der Waals surface area (Å²) >= 11 is 0. The fraction of sp³-hybridized carbons (Fsp3) is 0.533. The molecule has 0 bridgehead atoms. The normalized spacial score (nSPS) is 37.5. The van der Waals surface area contributed by atoms with Crippen LogP contribution in [0.5, 0.6) is 0 Å². The highest BCUT2D eigenvalue weighted by molar-refractivity contribution is 6.02. The molecule has 0 radical (unpaired) electrons. The number of carbonyl (C=O) groups is 2. The van der Waals surface area contributed by atoms with Gasteiger partial charge in [-0.2, -0.15) is 0 Å². The minimum atomic E-state index is -1.45. The van der Waals surface area contributed by atoms with Gasteiger partial charge in [-0.1, -0.05) is 36.8 Å². The van der Waals surface area contributed by atoms with Crippen LogP contribution in [0.2, 0.25) is 0 Å². The number of hydrogen-bond acceptors (Lipinski definition) is 3. The Morgan fingerprint density at radius 2 is 1.79 bits per heavy atom. The Hall–Kier alpha value is -2.44. The molecule has 6 rings (SSSR count). The molecule has 1 N–H and O–H groups in total. The van der Waals surface area contributed by atoms with E-state index in [-0.39, 0.29) is 17.6 Å². The van der Waals surface area contributed by atoms with Gasteiger partial charge < -0.3 is 5.11 Å². The Morgan fingerprint density at radius 1 is 1.06 bits per heavy atom. The second-order valence-corrected chi connectivity index (χ2v) is 11.3. The number of rotatable bonds is 3. The summed E-state index contributed by atoms with van der Waals surface area (Å²) in [5.41, 5.74) is 4.80. The molecule has 0 heterocycles. The maximum atomic E-state index is 12.8. The molecular formula is C30H32O3. The van der Waals surface area contributed by atoms with Crippen molar-refractivity contribution in [3.63, 3.8) is 0 Å². The van der Waals surface area contributed by atoms with Crippen molar-refractivity contribution in [2.45, 2.75) is 82.1 Å². The fourth-order valence-electron chi connectivity index (χ4n) is 7.87. The first-order valence-electron chi connectivity index (χ1n) is 12.7. The number of carbonyl (C=O) groups excluding carboxylic acids is 2. The predicted molar refractivity (Wildman–Crippen MR) is 127 cm³/mol. The molecule has 0 aromatic heterocycles. The van der Waals surface area contributed by atoms with E-state index in [2.05, 4.69) is 37.1 Å². The number of hydrogen-bond donors (Lipinski definition) is 1. The van der Waals surface area contributed by atoms with Gasteiger partial charge in [-0.15, -0.1) is 6.42 Å². The highest BCUT2D eigenvalue weighted by Crippen LogP contribution is 2.66. The number of aliphatic hydroxyl groups is 1. The first-order chi connectivity index (χ1) is 15.9. The van der Waals surface area contributed by atoms with E-state index in [1.165, 1.54) is 40.7 Å². The fourth-order valence-corrected chi connectivity index (χ4v) is 7.87. The number of fused-ring (bicyclic) bond motifs is 4. The number of allylic oxidation sites excluding steroid dienone is 4. The number of ketones is 2. The highest BCUT2D eigenvalue weighted by Gasteiger charge is 2.65. The van der Waals surface area contributed by atoms with E-state index in [0.717, 1.165) is 32.1 Å². The molecule has 5 atom stereocenters. The van der Waals surface area contributed by atoms with E-state index < -0.39 is 16.8 Å². The van der Waals surface area contributed by atoms with E-state index in [0.29, 0.717) is 24.7 Å². The van der Waals surface area contributed by atoms with Crippen LogP contribution in [0.3, 0.4) is 0 Å². The summed E-state index contributed by atoms with van der Waals surface area (Å²) < 4.78 is 0. The Bertz CT molecular complexity index is 1140. The van der Waals surface area contributed by atoms with Gasteiger partial charge in [0.05, 0.1) is 0 Å². The second kappa shape index (κ2) is 7.28. The molecule has 0 unspecified atom stereocenters. The van der Waals surface area contributed by atoms with E-state index in [1.54, 1.807) is 0 Å². The smallest absolute Gasteiger partial charge is 0.237 e. The summed E-state index contributed by atoms with van der Waals surface area (Å²) in [4.78, 5) is 25.0. The van der Waals surface area contributed by atoms with Crippen LogP contribution in [0.25, 0.3) is 0 Å². The zero-order chi connectivity index (χ0) is 23.0. The summed E-state index contributed by atoms with van der Waals surface area (Å²) in [6, 6.07) is 9.10. The van der Waals surface area contributed by atoms with E-state index in [1.807, 2.05) is 6.08 Å². The lowest BCUT2D eigenvalue weighted by molar-refractivity contribution is -0.148. The number of terminal acetylenes is 1. The molecule has 1 aromatic carbocycles. The Kier molecular flexibility index (Phi) is 4.66. The van der Waals surface area contributed by atoms with Gasteiger partial charge in [0, 0.05) is 17.8 Å². The minimum Gasteiger partial charge on any atom is -0.380 e. The maximum absolute atomic E-state index is 12.8. The molecule has 3 heteroatoms. The first-order valence-corrected chi connectivity index (χ1v) is 12.7. The van der Waals surface area contributed by atoms with Crippen molar-refractivity contribution in [1.82, 2.24) is 0 Å². The molecule has 170 valence electrons. The molecule has 5 aliphatic carbocycles. The van der Waals surface area contributed by atoms with Crippen molar-refractivity contribution in [1.29, 1.82) is 0 Å². The molecular weight excluding hydrogens is 408 g/mol. The van der Waals surface area contributed by atoms with Crippen molar-refractivity contribution in [2.75, 3.05) is 0 Å². The van der Waals surface area contributed by atoms with Gasteiger partial charge in [0.15, 0.2) is 5.78 Å². The van der Waals surface area contributed by atoms with Crippen LogP contribution >= 0.6 is 0 Å². The van der Waals surface area contributed by atoms with Crippen LogP contribution < -0.4 is 0 Å². The standard InChI is InChI=1S/C30H32O3/c1-3-27(32)30(33)15-14-26-24-12-10-21-16-22(31)11-13-23(21)28(24)25(17-29(26,30)2)20-8-6-19(7-9-20)18-4-5-18/h1,6-9,16,18,24-26,33H,4-5,10-15,17H2,2H3/t24-,25+,26-,29-,30+/m0/s1. The third kappa shape index (κ3) is 3.00. The summed E-state index contributed by atoms with van der Waals surface area (Å²) in [7, 11) is 0. The Labute approximate surface area is 196 Å². The largest absolute Gasteiger partial charge is 0.380 e. The summed E-state index contributed by atoms with van der Waals surface area (Å²) in [6.45, 7) is 2.11. The van der Waals surface area contributed by atoms with E-state index in [9.17, 15) is 14.7 Å². The number of Topliss-reactive ketones (excluding diaryl/α,β-unsaturated/α-hetero) is 1. The molecule has 3 saturated carbocycles. The summed E-state index contributed by atoms with van der Waals surface area (Å²) in [5.74, 6) is 3.48. The van der Waals surface area contributed by atoms with Crippen LogP contribution in [0, 0.1) is 29.6 Å². The molecule has 33 heavy (non-hydrogen) atoms. The van der Waals surface area contributed by atoms with Gasteiger partial charge in [0.2, 0.25) is 5.78 Å². The second-order valence-electron chi connectivity index (χ2n) is 11.3. The topological polar surface area (TPSA) is 54.4 Å². The van der Waals surface area contributed by atoms with Crippen LogP contribution in [-0.2, 0) is 9.59 Å². The molecule has 0 spiro atoms. The van der Waals surface area contributed by atoms with Crippen LogP contribution in [0.15, 0.2) is 47.1 Å². The molecule has 0 aliphatic heterocycles. The lowest BCUT2D eigenvalue weighted by Gasteiger charge is -2.54. The van der Waals surface area contributed by atoms with Gasteiger partial charge in [-0.25, -0.2) is 0 Å². The van der Waals surface area contributed by atoms with Gasteiger partial charge >= 0.3 is 0 Å². The average Bonchev–Trinajstić information content (AvgIpc) is 3.63. The lowest BCUT2D eigenvalue weighted by Crippen LogP contribution is -2.55. The van der Waals surface area contributed by atoms with Gasteiger partial charge in [-0.3, -0.25) is 9.59 Å². The minimum absolute atomic E-state index is 0.145. The van der Waals surface area contributed by atoms with Crippen molar-refractivity contribution in [3.05, 3.63) is 58.2 Å². The van der Waals surface area contributed by atoms with Gasteiger partial charge in [0.25, 0.3) is 0 Å².